The van der Waals surface area contributed by atoms with E-state index >= 15 is 0 Å². The first-order chi connectivity index (χ1) is 9.51. The van der Waals surface area contributed by atoms with Gasteiger partial charge >= 0.3 is 6.09 Å². The first-order valence-corrected chi connectivity index (χ1v) is 7.66. The third-order valence-electron chi connectivity index (χ3n) is 2.98. The summed E-state index contributed by atoms with van der Waals surface area (Å²) >= 11 is 3.38. The summed E-state index contributed by atoms with van der Waals surface area (Å²) in [7, 11) is 1.72. The van der Waals surface area contributed by atoms with E-state index in [0.29, 0.717) is 6.61 Å². The number of likely N-dealkylation sites (N-methyl/N-ethyl adjacent to an activating group) is 1. The Balaban J connectivity index is 2.63. The number of carbonyl (C=O) groups excluding carboxylic acids is 1. The molecule has 0 spiro atoms. The van der Waals surface area contributed by atoms with Gasteiger partial charge in [0.2, 0.25) is 0 Å². The number of nitrogens with zero attached hydrogens (tertiary/aromatic N) is 1. The molecule has 0 saturated carbocycles. The van der Waals surface area contributed by atoms with Gasteiger partial charge in [0.1, 0.15) is 18.0 Å². The van der Waals surface area contributed by atoms with Gasteiger partial charge in [0.25, 0.3) is 0 Å². The fraction of sp³-hybridized carbons (Fsp3) is 0.562. The third kappa shape index (κ3) is 5.96. The van der Waals surface area contributed by atoms with Gasteiger partial charge in [-0.2, -0.15) is 0 Å². The number of benzene rings is 1. The summed E-state index contributed by atoms with van der Waals surface area (Å²) in [5, 5.41) is 0. The first-order valence-electron chi connectivity index (χ1n) is 6.86. The molecule has 0 fully saturated rings. The van der Waals surface area contributed by atoms with Gasteiger partial charge < -0.3 is 14.4 Å². The van der Waals surface area contributed by atoms with Gasteiger partial charge in [-0.3, -0.25) is 0 Å². The molecule has 0 atom stereocenters. The Bertz CT molecular complexity index is 477. The number of hydrogen-bond acceptors (Lipinski definition) is 3. The molecule has 0 heterocycles. The Kier molecular flexibility index (Phi) is 5.68. The van der Waals surface area contributed by atoms with Gasteiger partial charge in [0.05, 0.1) is 5.54 Å². The van der Waals surface area contributed by atoms with Crippen molar-refractivity contribution in [1.29, 1.82) is 0 Å². The fourth-order valence-electron chi connectivity index (χ4n) is 1.47. The van der Waals surface area contributed by atoms with Crippen molar-refractivity contribution in [1.82, 2.24) is 4.90 Å². The highest BCUT2D eigenvalue weighted by Gasteiger charge is 2.31. The lowest BCUT2D eigenvalue weighted by molar-refractivity contribution is 0.00263. The van der Waals surface area contributed by atoms with Crippen LogP contribution in [0.3, 0.4) is 0 Å². The normalized spacial score (nSPS) is 12.0. The smallest absolute Gasteiger partial charge is 0.410 e. The minimum absolute atomic E-state index is 0.355. The number of rotatable bonds is 4. The molecule has 0 aliphatic rings. The SMILES string of the molecule is CN(C(=O)OC(C)(C)C)C(C)(C)COc1ccc(Br)cc1. The lowest BCUT2D eigenvalue weighted by atomic mass is 10.1. The molecule has 0 N–H and O–H groups in total. The quantitative estimate of drug-likeness (QED) is 0.797. The highest BCUT2D eigenvalue weighted by atomic mass is 79.9. The van der Waals surface area contributed by atoms with Gasteiger partial charge in [-0.25, -0.2) is 4.79 Å². The van der Waals surface area contributed by atoms with Crippen molar-refractivity contribution >= 4 is 22.0 Å². The molecule has 0 aliphatic carbocycles. The lowest BCUT2D eigenvalue weighted by Crippen LogP contribution is -2.50. The van der Waals surface area contributed by atoms with E-state index in [2.05, 4.69) is 15.9 Å². The molecular weight excluding hydrogens is 334 g/mol. The summed E-state index contributed by atoms with van der Waals surface area (Å²) in [6.45, 7) is 9.81. The zero-order chi connectivity index (χ0) is 16.3. The van der Waals surface area contributed by atoms with Crippen LogP contribution in [0.1, 0.15) is 34.6 Å². The summed E-state index contributed by atoms with van der Waals surface area (Å²) in [6.07, 6.45) is -0.355. The largest absolute Gasteiger partial charge is 0.491 e. The van der Waals surface area contributed by atoms with E-state index in [1.54, 1.807) is 11.9 Å². The van der Waals surface area contributed by atoms with Crippen LogP contribution in [0.4, 0.5) is 4.79 Å². The predicted octanol–water partition coefficient (Wildman–Crippen LogP) is 4.47. The van der Waals surface area contributed by atoms with E-state index < -0.39 is 11.1 Å². The Morgan fingerprint density at radius 1 is 1.14 bits per heavy atom. The van der Waals surface area contributed by atoms with Crippen LogP contribution in [0.2, 0.25) is 0 Å². The van der Waals surface area contributed by atoms with Crippen molar-refractivity contribution in [3.63, 3.8) is 0 Å². The van der Waals surface area contributed by atoms with Crippen molar-refractivity contribution in [2.75, 3.05) is 13.7 Å². The van der Waals surface area contributed by atoms with E-state index in [9.17, 15) is 4.79 Å². The van der Waals surface area contributed by atoms with E-state index in [4.69, 9.17) is 9.47 Å². The molecule has 0 radical (unpaired) electrons. The molecule has 1 aromatic carbocycles. The van der Waals surface area contributed by atoms with Crippen molar-refractivity contribution < 1.29 is 14.3 Å². The molecule has 0 aliphatic heterocycles. The molecule has 0 unspecified atom stereocenters. The number of amides is 1. The van der Waals surface area contributed by atoms with Crippen LogP contribution in [0.15, 0.2) is 28.7 Å². The molecule has 21 heavy (non-hydrogen) atoms. The van der Waals surface area contributed by atoms with Crippen molar-refractivity contribution in [2.24, 2.45) is 0 Å². The van der Waals surface area contributed by atoms with Gasteiger partial charge in [0.15, 0.2) is 0 Å². The average molecular weight is 358 g/mol. The number of ether oxygens (including phenoxy) is 2. The van der Waals surface area contributed by atoms with Crippen LogP contribution in [0, 0.1) is 0 Å². The second kappa shape index (κ2) is 6.69. The molecule has 1 aromatic rings. The van der Waals surface area contributed by atoms with Gasteiger partial charge in [0, 0.05) is 11.5 Å². The zero-order valence-corrected chi connectivity index (χ0v) is 15.2. The summed E-state index contributed by atoms with van der Waals surface area (Å²) in [5.74, 6) is 0.767. The van der Waals surface area contributed by atoms with Crippen LogP contribution in [0.25, 0.3) is 0 Å². The van der Waals surface area contributed by atoms with Crippen molar-refractivity contribution in [3.8, 4) is 5.75 Å². The van der Waals surface area contributed by atoms with E-state index in [1.807, 2.05) is 58.9 Å². The molecule has 1 amide bonds. The molecule has 0 bridgehead atoms. The number of carbonyl (C=O) groups is 1. The maximum atomic E-state index is 12.1. The first kappa shape index (κ1) is 17.8. The standard InChI is InChI=1S/C16H24BrNO3/c1-15(2,3)21-14(19)18(6)16(4,5)11-20-13-9-7-12(17)8-10-13/h7-10H,11H2,1-6H3. The number of halogens is 1. The van der Waals surface area contributed by atoms with Crippen LogP contribution in [-0.4, -0.2) is 35.8 Å². The Morgan fingerprint density at radius 2 is 1.67 bits per heavy atom. The van der Waals surface area contributed by atoms with E-state index in [-0.39, 0.29) is 6.09 Å². The van der Waals surface area contributed by atoms with Crippen molar-refractivity contribution in [3.05, 3.63) is 28.7 Å². The third-order valence-corrected chi connectivity index (χ3v) is 3.51. The molecule has 4 nitrogen and oxygen atoms in total. The van der Waals surface area contributed by atoms with Gasteiger partial charge in [-0.1, -0.05) is 15.9 Å². The fourth-order valence-corrected chi connectivity index (χ4v) is 1.73. The van der Waals surface area contributed by atoms with Crippen LogP contribution < -0.4 is 4.74 Å². The molecule has 118 valence electrons. The summed E-state index contributed by atoms with van der Waals surface area (Å²) in [4.78, 5) is 13.7. The summed E-state index contributed by atoms with van der Waals surface area (Å²) in [6, 6.07) is 7.60. The van der Waals surface area contributed by atoms with E-state index in [0.717, 1.165) is 10.2 Å². The zero-order valence-electron chi connectivity index (χ0n) is 13.6. The molecule has 0 aromatic heterocycles. The maximum absolute atomic E-state index is 12.1. The van der Waals surface area contributed by atoms with Crippen LogP contribution in [-0.2, 0) is 4.74 Å². The molecule has 0 saturated heterocycles. The second-order valence-electron chi connectivity index (χ2n) is 6.59. The van der Waals surface area contributed by atoms with Gasteiger partial charge in [-0.15, -0.1) is 0 Å². The topological polar surface area (TPSA) is 38.8 Å². The predicted molar refractivity (Wildman–Crippen MR) is 87.7 cm³/mol. The monoisotopic (exact) mass is 357 g/mol. The minimum Gasteiger partial charge on any atom is -0.491 e. The Morgan fingerprint density at radius 3 is 2.14 bits per heavy atom. The molecule has 1 rings (SSSR count). The van der Waals surface area contributed by atoms with Gasteiger partial charge in [-0.05, 0) is 58.9 Å². The highest BCUT2D eigenvalue weighted by molar-refractivity contribution is 9.10. The summed E-state index contributed by atoms with van der Waals surface area (Å²) in [5.41, 5.74) is -0.983. The Hall–Kier alpha value is -1.23. The minimum atomic E-state index is -0.506. The summed E-state index contributed by atoms with van der Waals surface area (Å²) < 4.78 is 12.1. The highest BCUT2D eigenvalue weighted by Crippen LogP contribution is 2.21. The van der Waals surface area contributed by atoms with Crippen molar-refractivity contribution in [2.45, 2.75) is 45.8 Å². The lowest BCUT2D eigenvalue weighted by Gasteiger charge is -2.36. The molecular formula is C16H24BrNO3. The van der Waals surface area contributed by atoms with Crippen LogP contribution >= 0.6 is 15.9 Å². The molecule has 5 heteroatoms. The van der Waals surface area contributed by atoms with Crippen LogP contribution in [0.5, 0.6) is 5.75 Å². The number of hydrogen-bond donors (Lipinski definition) is 0. The maximum Gasteiger partial charge on any atom is 0.410 e. The average Bonchev–Trinajstić information content (AvgIpc) is 2.35. The second-order valence-corrected chi connectivity index (χ2v) is 7.51. The Labute approximate surface area is 135 Å². The van der Waals surface area contributed by atoms with E-state index in [1.165, 1.54) is 0 Å².